The number of fused-ring (bicyclic) bond motifs is 1. The standard InChI is InChI=1S/C26H20N6O3/c1-17-12-13-22-27-14-20(26(35)31(22)15-17)24(33)28-29-25(34)21-16-32(19-10-6-3-7-11-19)30-23(21)18-8-4-2-5-9-18/h2-16H,1H3,(H,28,33)(H,29,34). The Bertz CT molecular complexity index is 1610. The normalized spacial score (nSPS) is 10.8. The van der Waals surface area contributed by atoms with Gasteiger partial charge < -0.3 is 0 Å². The van der Waals surface area contributed by atoms with Crippen molar-refractivity contribution in [3.05, 3.63) is 118 Å². The summed E-state index contributed by atoms with van der Waals surface area (Å²) >= 11 is 0. The number of aryl methyl sites for hydroxylation is 1. The van der Waals surface area contributed by atoms with Crippen molar-refractivity contribution in [3.63, 3.8) is 0 Å². The third-order valence-corrected chi connectivity index (χ3v) is 5.41. The number of amides is 2. The largest absolute Gasteiger partial charge is 0.276 e. The predicted octanol–water partition coefficient (Wildman–Crippen LogP) is 2.93. The lowest BCUT2D eigenvalue weighted by Crippen LogP contribution is -2.43. The number of carbonyl (C=O) groups excluding carboxylic acids is 2. The summed E-state index contributed by atoms with van der Waals surface area (Å²) in [4.78, 5) is 42.7. The zero-order valence-corrected chi connectivity index (χ0v) is 18.7. The van der Waals surface area contributed by atoms with E-state index in [1.165, 1.54) is 10.6 Å². The van der Waals surface area contributed by atoms with Crippen molar-refractivity contribution in [2.75, 3.05) is 0 Å². The van der Waals surface area contributed by atoms with Crippen LogP contribution in [0.4, 0.5) is 0 Å². The third-order valence-electron chi connectivity index (χ3n) is 5.41. The lowest BCUT2D eigenvalue weighted by Gasteiger charge is -2.08. The highest BCUT2D eigenvalue weighted by Gasteiger charge is 2.20. The van der Waals surface area contributed by atoms with Crippen LogP contribution in [0.5, 0.6) is 0 Å². The molecule has 0 fully saturated rings. The van der Waals surface area contributed by atoms with Gasteiger partial charge in [0.1, 0.15) is 16.9 Å². The molecule has 0 spiro atoms. The fourth-order valence-corrected chi connectivity index (χ4v) is 3.65. The number of para-hydroxylation sites is 1. The molecule has 2 amide bonds. The summed E-state index contributed by atoms with van der Waals surface area (Å²) in [5.41, 5.74) is 7.46. The lowest BCUT2D eigenvalue weighted by atomic mass is 10.1. The molecule has 0 aliphatic carbocycles. The Balaban J connectivity index is 1.42. The van der Waals surface area contributed by atoms with Crippen LogP contribution in [0.1, 0.15) is 26.3 Å². The van der Waals surface area contributed by atoms with Gasteiger partial charge in [0.15, 0.2) is 0 Å². The van der Waals surface area contributed by atoms with Gasteiger partial charge in [-0.15, -0.1) is 0 Å². The maximum atomic E-state index is 13.1. The van der Waals surface area contributed by atoms with Gasteiger partial charge in [-0.1, -0.05) is 54.6 Å². The van der Waals surface area contributed by atoms with Crippen molar-refractivity contribution in [1.82, 2.24) is 30.0 Å². The van der Waals surface area contributed by atoms with Crippen molar-refractivity contribution in [2.24, 2.45) is 0 Å². The summed E-state index contributed by atoms with van der Waals surface area (Å²) in [7, 11) is 0. The number of hydrogen-bond donors (Lipinski definition) is 2. The van der Waals surface area contributed by atoms with E-state index in [1.807, 2.05) is 73.7 Å². The van der Waals surface area contributed by atoms with Crippen LogP contribution in [-0.4, -0.2) is 31.0 Å². The molecule has 2 aromatic carbocycles. The monoisotopic (exact) mass is 464 g/mol. The van der Waals surface area contributed by atoms with Crippen molar-refractivity contribution >= 4 is 17.5 Å². The predicted molar refractivity (Wildman–Crippen MR) is 130 cm³/mol. The topological polar surface area (TPSA) is 110 Å². The van der Waals surface area contributed by atoms with Gasteiger partial charge in [-0.25, -0.2) is 9.67 Å². The Kier molecular flexibility index (Phi) is 5.64. The number of hydrogen-bond acceptors (Lipinski definition) is 5. The van der Waals surface area contributed by atoms with E-state index in [9.17, 15) is 14.4 Å². The van der Waals surface area contributed by atoms with E-state index >= 15 is 0 Å². The van der Waals surface area contributed by atoms with E-state index in [2.05, 4.69) is 20.9 Å². The molecule has 0 aliphatic heterocycles. The minimum atomic E-state index is -0.775. The first-order valence-corrected chi connectivity index (χ1v) is 10.8. The number of benzene rings is 2. The Morgan fingerprint density at radius 2 is 1.46 bits per heavy atom. The van der Waals surface area contributed by atoms with Gasteiger partial charge in [0.25, 0.3) is 17.4 Å². The van der Waals surface area contributed by atoms with Crippen molar-refractivity contribution in [1.29, 1.82) is 0 Å². The number of rotatable bonds is 4. The van der Waals surface area contributed by atoms with E-state index in [4.69, 9.17) is 0 Å². The molecule has 0 aliphatic rings. The molecule has 5 rings (SSSR count). The first-order valence-electron chi connectivity index (χ1n) is 10.8. The van der Waals surface area contributed by atoms with Crippen LogP contribution < -0.4 is 16.4 Å². The minimum absolute atomic E-state index is 0.198. The Morgan fingerprint density at radius 3 is 2.17 bits per heavy atom. The summed E-state index contributed by atoms with van der Waals surface area (Å²) in [6, 6.07) is 22.1. The molecule has 9 nitrogen and oxygen atoms in total. The van der Waals surface area contributed by atoms with E-state index in [0.29, 0.717) is 11.3 Å². The van der Waals surface area contributed by atoms with Crippen molar-refractivity contribution in [2.45, 2.75) is 6.92 Å². The molecule has 0 saturated heterocycles. The first-order chi connectivity index (χ1) is 17.0. The minimum Gasteiger partial charge on any atom is -0.268 e. The van der Waals surface area contributed by atoms with Crippen LogP contribution in [0.3, 0.4) is 0 Å². The van der Waals surface area contributed by atoms with Crippen LogP contribution >= 0.6 is 0 Å². The SMILES string of the molecule is Cc1ccc2ncc(C(=O)NNC(=O)c3cn(-c4ccccc4)nc3-c3ccccc3)c(=O)n2c1. The number of aromatic nitrogens is 4. The molecule has 3 heterocycles. The summed E-state index contributed by atoms with van der Waals surface area (Å²) in [6.45, 7) is 1.83. The van der Waals surface area contributed by atoms with Gasteiger partial charge in [0.05, 0.1) is 11.3 Å². The summed E-state index contributed by atoms with van der Waals surface area (Å²) in [5, 5.41) is 4.59. The van der Waals surface area contributed by atoms with E-state index < -0.39 is 17.4 Å². The average Bonchev–Trinajstić information content (AvgIpc) is 3.34. The summed E-state index contributed by atoms with van der Waals surface area (Å²) in [6.07, 6.45) is 4.38. The second-order valence-corrected chi connectivity index (χ2v) is 7.86. The zero-order valence-electron chi connectivity index (χ0n) is 18.7. The summed E-state index contributed by atoms with van der Waals surface area (Å²) < 4.78 is 2.89. The van der Waals surface area contributed by atoms with Crippen molar-refractivity contribution in [3.8, 4) is 16.9 Å². The molecule has 5 aromatic rings. The van der Waals surface area contributed by atoms with Gasteiger partial charge in [0, 0.05) is 24.2 Å². The highest BCUT2D eigenvalue weighted by molar-refractivity contribution is 6.02. The Labute approximate surface area is 199 Å². The number of pyridine rings is 1. The fraction of sp³-hybridized carbons (Fsp3) is 0.0385. The third kappa shape index (κ3) is 4.30. The van der Waals surface area contributed by atoms with Gasteiger partial charge in [-0.2, -0.15) is 5.10 Å². The number of nitrogens with zero attached hydrogens (tertiary/aromatic N) is 4. The molecule has 172 valence electrons. The molecule has 3 aromatic heterocycles. The second kappa shape index (κ2) is 9.06. The Hall–Kier alpha value is -5.05. The molecular formula is C26H20N6O3. The summed E-state index contributed by atoms with van der Waals surface area (Å²) in [5.74, 6) is -1.35. The number of carbonyl (C=O) groups is 2. The average molecular weight is 464 g/mol. The molecule has 0 bridgehead atoms. The molecule has 9 heteroatoms. The number of nitrogens with one attached hydrogen (secondary N) is 2. The molecule has 0 atom stereocenters. The maximum Gasteiger partial charge on any atom is 0.276 e. The maximum absolute atomic E-state index is 13.1. The highest BCUT2D eigenvalue weighted by Crippen LogP contribution is 2.23. The Morgan fingerprint density at radius 1 is 0.800 bits per heavy atom. The molecule has 35 heavy (non-hydrogen) atoms. The van der Waals surface area contributed by atoms with Gasteiger partial charge in [0.2, 0.25) is 0 Å². The van der Waals surface area contributed by atoms with E-state index in [-0.39, 0.29) is 11.1 Å². The van der Waals surface area contributed by atoms with Gasteiger partial charge in [-0.05, 0) is 30.7 Å². The van der Waals surface area contributed by atoms with Crippen LogP contribution in [0, 0.1) is 6.92 Å². The van der Waals surface area contributed by atoms with E-state index in [1.54, 1.807) is 23.1 Å². The smallest absolute Gasteiger partial charge is 0.268 e. The quantitative estimate of drug-likeness (QED) is 0.398. The molecular weight excluding hydrogens is 444 g/mol. The highest BCUT2D eigenvalue weighted by atomic mass is 16.2. The number of hydrazine groups is 1. The van der Waals surface area contributed by atoms with E-state index in [0.717, 1.165) is 16.8 Å². The lowest BCUT2D eigenvalue weighted by molar-refractivity contribution is 0.0846. The molecule has 0 unspecified atom stereocenters. The molecule has 0 saturated carbocycles. The van der Waals surface area contributed by atoms with Gasteiger partial charge in [-0.3, -0.25) is 29.6 Å². The fourth-order valence-electron chi connectivity index (χ4n) is 3.65. The van der Waals surface area contributed by atoms with Crippen LogP contribution in [0.15, 0.2) is 96.2 Å². The van der Waals surface area contributed by atoms with Crippen LogP contribution in [0.25, 0.3) is 22.6 Å². The van der Waals surface area contributed by atoms with Crippen LogP contribution in [-0.2, 0) is 0 Å². The molecule has 2 N–H and O–H groups in total. The second-order valence-electron chi connectivity index (χ2n) is 7.86. The van der Waals surface area contributed by atoms with Crippen molar-refractivity contribution < 1.29 is 9.59 Å². The zero-order chi connectivity index (χ0) is 24.4. The molecule has 0 radical (unpaired) electrons. The first kappa shape index (κ1) is 21.8. The van der Waals surface area contributed by atoms with Crippen LogP contribution in [0.2, 0.25) is 0 Å². The van der Waals surface area contributed by atoms with Gasteiger partial charge >= 0.3 is 0 Å².